The molecule has 0 unspecified atom stereocenters. The molecule has 4 nitrogen and oxygen atoms in total. The maximum Gasteiger partial charge on any atom is 0.251 e. The summed E-state index contributed by atoms with van der Waals surface area (Å²) in [5, 5.41) is 12.7. The van der Waals surface area contributed by atoms with Gasteiger partial charge in [-0.2, -0.15) is 0 Å². The van der Waals surface area contributed by atoms with Crippen LogP contribution >= 0.6 is 0 Å². The topological polar surface area (TPSA) is 75.4 Å². The highest BCUT2D eigenvalue weighted by atomic mass is 19.1. The lowest BCUT2D eigenvalue weighted by Gasteiger charge is -2.22. The Bertz CT molecular complexity index is 456. The van der Waals surface area contributed by atoms with Crippen LogP contribution in [-0.2, 0) is 0 Å². The van der Waals surface area contributed by atoms with Gasteiger partial charge in [-0.25, -0.2) is 4.39 Å². The Balaban J connectivity index is 1.97. The van der Waals surface area contributed by atoms with E-state index in [-0.39, 0.29) is 18.1 Å². The summed E-state index contributed by atoms with van der Waals surface area (Å²) in [5.41, 5.74) is 4.86. The normalized spacial score (nSPS) is 17.7. The Labute approximate surface area is 105 Å². The van der Waals surface area contributed by atoms with Crippen LogP contribution in [0.5, 0.6) is 0 Å². The number of carbonyl (C=O) groups excluding carboxylic acids is 1. The van der Waals surface area contributed by atoms with Gasteiger partial charge in [0.15, 0.2) is 0 Å². The van der Waals surface area contributed by atoms with Crippen molar-refractivity contribution >= 4 is 11.6 Å². The van der Waals surface area contributed by atoms with Gasteiger partial charge in [0.05, 0.1) is 11.3 Å². The number of carbonyl (C=O) groups is 1. The first-order chi connectivity index (χ1) is 8.50. The van der Waals surface area contributed by atoms with E-state index in [1.165, 1.54) is 12.1 Å². The number of nitrogens with one attached hydrogen (secondary N) is 1. The Morgan fingerprint density at radius 1 is 1.44 bits per heavy atom. The van der Waals surface area contributed by atoms with Gasteiger partial charge in [-0.05, 0) is 31.0 Å². The van der Waals surface area contributed by atoms with Crippen LogP contribution in [0.4, 0.5) is 10.1 Å². The third kappa shape index (κ3) is 2.79. The molecule has 2 rings (SSSR count). The van der Waals surface area contributed by atoms with Crippen LogP contribution in [0, 0.1) is 5.82 Å². The molecular weight excluding hydrogens is 235 g/mol. The third-order valence-corrected chi connectivity index (χ3v) is 3.37. The molecule has 0 heterocycles. The average Bonchev–Trinajstić information content (AvgIpc) is 2.77. The highest BCUT2D eigenvalue weighted by Crippen LogP contribution is 2.28. The fraction of sp³-hybridized carbons (Fsp3) is 0.462. The minimum atomic E-state index is -0.790. The molecule has 98 valence electrons. The van der Waals surface area contributed by atoms with E-state index in [9.17, 15) is 14.3 Å². The Morgan fingerprint density at radius 2 is 2.11 bits per heavy atom. The van der Waals surface area contributed by atoms with Crippen molar-refractivity contribution in [1.82, 2.24) is 5.32 Å². The molecule has 1 saturated carbocycles. The second kappa shape index (κ2) is 4.94. The number of hydrogen-bond acceptors (Lipinski definition) is 3. The maximum atomic E-state index is 13.0. The van der Waals surface area contributed by atoms with Crippen molar-refractivity contribution in [2.24, 2.45) is 0 Å². The molecule has 0 bridgehead atoms. The molecule has 0 aromatic heterocycles. The fourth-order valence-corrected chi connectivity index (χ4v) is 2.24. The maximum absolute atomic E-state index is 13.0. The van der Waals surface area contributed by atoms with Crippen molar-refractivity contribution in [3.8, 4) is 0 Å². The number of halogens is 1. The molecule has 0 spiro atoms. The molecule has 5 heteroatoms. The van der Waals surface area contributed by atoms with Crippen LogP contribution in [-0.4, -0.2) is 23.2 Å². The number of amides is 1. The second-order valence-electron chi connectivity index (χ2n) is 4.85. The molecule has 1 aromatic rings. The smallest absolute Gasteiger partial charge is 0.251 e. The predicted octanol–water partition coefficient (Wildman–Crippen LogP) is 1.44. The van der Waals surface area contributed by atoms with Crippen molar-refractivity contribution in [2.75, 3.05) is 12.3 Å². The molecule has 18 heavy (non-hydrogen) atoms. The SMILES string of the molecule is Nc1cc(C(=O)NCC2(O)CCCC2)ccc1F. The van der Waals surface area contributed by atoms with Gasteiger partial charge in [-0.15, -0.1) is 0 Å². The van der Waals surface area contributed by atoms with Crippen LogP contribution in [0.25, 0.3) is 0 Å². The average molecular weight is 252 g/mol. The van der Waals surface area contributed by atoms with E-state index in [2.05, 4.69) is 5.32 Å². The molecule has 4 N–H and O–H groups in total. The van der Waals surface area contributed by atoms with E-state index in [1.807, 2.05) is 0 Å². The largest absolute Gasteiger partial charge is 0.396 e. The number of hydrogen-bond donors (Lipinski definition) is 3. The zero-order chi connectivity index (χ0) is 13.2. The van der Waals surface area contributed by atoms with E-state index in [1.54, 1.807) is 0 Å². The number of nitrogens with two attached hydrogens (primary N) is 1. The molecular formula is C13H17FN2O2. The molecule has 1 aliphatic carbocycles. The molecule has 0 aliphatic heterocycles. The monoisotopic (exact) mass is 252 g/mol. The molecule has 0 atom stereocenters. The highest BCUT2D eigenvalue weighted by molar-refractivity contribution is 5.95. The van der Waals surface area contributed by atoms with Gasteiger partial charge in [0.25, 0.3) is 5.91 Å². The summed E-state index contributed by atoms with van der Waals surface area (Å²) in [5.74, 6) is -0.886. The van der Waals surface area contributed by atoms with E-state index in [4.69, 9.17) is 5.73 Å². The Hall–Kier alpha value is -1.62. The number of benzene rings is 1. The van der Waals surface area contributed by atoms with Gasteiger partial charge in [0.1, 0.15) is 5.82 Å². The van der Waals surface area contributed by atoms with Crippen LogP contribution < -0.4 is 11.1 Å². The summed E-state index contributed by atoms with van der Waals surface area (Å²) in [6.07, 6.45) is 3.38. The number of anilines is 1. The van der Waals surface area contributed by atoms with E-state index >= 15 is 0 Å². The summed E-state index contributed by atoms with van der Waals surface area (Å²) in [4.78, 5) is 11.8. The molecule has 1 aliphatic rings. The van der Waals surface area contributed by atoms with Crippen LogP contribution in [0.3, 0.4) is 0 Å². The fourth-order valence-electron chi connectivity index (χ4n) is 2.24. The van der Waals surface area contributed by atoms with E-state index in [0.29, 0.717) is 18.4 Å². The predicted molar refractivity (Wildman–Crippen MR) is 66.6 cm³/mol. The summed E-state index contributed by atoms with van der Waals surface area (Å²) in [6, 6.07) is 3.83. The van der Waals surface area contributed by atoms with Gasteiger partial charge in [0.2, 0.25) is 0 Å². The lowest BCUT2D eigenvalue weighted by atomic mass is 10.0. The van der Waals surface area contributed by atoms with Crippen molar-refractivity contribution in [3.05, 3.63) is 29.6 Å². The first kappa shape index (κ1) is 12.8. The number of rotatable bonds is 3. The zero-order valence-electron chi connectivity index (χ0n) is 10.1. The van der Waals surface area contributed by atoms with Crippen LogP contribution in [0.2, 0.25) is 0 Å². The van der Waals surface area contributed by atoms with Gasteiger partial charge in [-0.3, -0.25) is 4.79 Å². The lowest BCUT2D eigenvalue weighted by molar-refractivity contribution is 0.0449. The first-order valence-corrected chi connectivity index (χ1v) is 6.06. The van der Waals surface area contributed by atoms with Gasteiger partial charge < -0.3 is 16.2 Å². The minimum absolute atomic E-state index is 0.0535. The van der Waals surface area contributed by atoms with Gasteiger partial charge in [-0.1, -0.05) is 12.8 Å². The van der Waals surface area contributed by atoms with Gasteiger partial charge >= 0.3 is 0 Å². The second-order valence-corrected chi connectivity index (χ2v) is 4.85. The molecule has 1 aromatic carbocycles. The highest BCUT2D eigenvalue weighted by Gasteiger charge is 2.31. The molecule has 0 radical (unpaired) electrons. The number of nitrogen functional groups attached to an aromatic ring is 1. The lowest BCUT2D eigenvalue weighted by Crippen LogP contribution is -2.40. The third-order valence-electron chi connectivity index (χ3n) is 3.37. The molecule has 0 saturated heterocycles. The summed E-state index contributed by atoms with van der Waals surface area (Å²) in [6.45, 7) is 0.225. The van der Waals surface area contributed by atoms with Crippen LogP contribution in [0.1, 0.15) is 36.0 Å². The van der Waals surface area contributed by atoms with Gasteiger partial charge in [0, 0.05) is 12.1 Å². The zero-order valence-corrected chi connectivity index (χ0v) is 10.1. The minimum Gasteiger partial charge on any atom is -0.396 e. The van der Waals surface area contributed by atoms with E-state index in [0.717, 1.165) is 18.9 Å². The van der Waals surface area contributed by atoms with Crippen molar-refractivity contribution < 1.29 is 14.3 Å². The Morgan fingerprint density at radius 3 is 2.72 bits per heavy atom. The first-order valence-electron chi connectivity index (χ1n) is 6.06. The van der Waals surface area contributed by atoms with Crippen molar-refractivity contribution in [2.45, 2.75) is 31.3 Å². The summed E-state index contributed by atoms with van der Waals surface area (Å²) in [7, 11) is 0. The molecule has 1 amide bonds. The van der Waals surface area contributed by atoms with E-state index < -0.39 is 11.4 Å². The van der Waals surface area contributed by atoms with Crippen molar-refractivity contribution in [3.63, 3.8) is 0 Å². The van der Waals surface area contributed by atoms with Crippen LogP contribution in [0.15, 0.2) is 18.2 Å². The number of aliphatic hydroxyl groups is 1. The standard InChI is InChI=1S/C13H17FN2O2/c14-10-4-3-9(7-11(10)15)12(17)16-8-13(18)5-1-2-6-13/h3-4,7,18H,1-2,5-6,8,15H2,(H,16,17). The summed E-state index contributed by atoms with van der Waals surface area (Å²) >= 11 is 0. The quantitative estimate of drug-likeness (QED) is 0.712. The van der Waals surface area contributed by atoms with Crippen molar-refractivity contribution in [1.29, 1.82) is 0 Å². The molecule has 1 fully saturated rings. The summed E-state index contributed by atoms with van der Waals surface area (Å²) < 4.78 is 13.0. The Kier molecular flexibility index (Phi) is 3.52.